The highest BCUT2D eigenvalue weighted by atomic mass is 35.5. The highest BCUT2D eigenvalue weighted by Crippen LogP contribution is 2.34. The van der Waals surface area contributed by atoms with Gasteiger partial charge >= 0.3 is 6.09 Å². The van der Waals surface area contributed by atoms with Gasteiger partial charge in [0.1, 0.15) is 0 Å². The number of carboxylic acid groups (broad SMARTS) is 1. The number of hydrogen-bond donors (Lipinski definition) is 1. The van der Waals surface area contributed by atoms with Crippen molar-refractivity contribution in [3.8, 4) is 0 Å². The molecule has 1 aromatic heterocycles. The fourth-order valence-electron chi connectivity index (χ4n) is 1.79. The number of hydrogen-bond acceptors (Lipinski definition) is 2. The smallest absolute Gasteiger partial charge is 0.408 e. The van der Waals surface area contributed by atoms with Crippen molar-refractivity contribution in [1.29, 1.82) is 0 Å². The zero-order valence-corrected chi connectivity index (χ0v) is 9.99. The van der Waals surface area contributed by atoms with Gasteiger partial charge < -0.3 is 5.11 Å². The molecule has 1 aliphatic carbocycles. The number of aromatic nitrogens is 1. The third-order valence-electron chi connectivity index (χ3n) is 2.84. The number of amides is 1. The Balaban J connectivity index is 2.25. The van der Waals surface area contributed by atoms with Crippen LogP contribution in [0.3, 0.4) is 0 Å². The molecule has 17 heavy (non-hydrogen) atoms. The monoisotopic (exact) mass is 258 g/mol. The fraction of sp³-hybridized carbons (Fsp3) is 0.455. The van der Waals surface area contributed by atoms with Crippen molar-refractivity contribution >= 4 is 17.7 Å². The van der Waals surface area contributed by atoms with E-state index in [0.29, 0.717) is 5.69 Å². The summed E-state index contributed by atoms with van der Waals surface area (Å²) >= 11 is 5.66. The third-order valence-corrected chi connectivity index (χ3v) is 3.13. The van der Waals surface area contributed by atoms with Crippen molar-refractivity contribution in [2.45, 2.75) is 31.8 Å². The number of halogens is 2. The van der Waals surface area contributed by atoms with E-state index in [2.05, 4.69) is 4.98 Å². The van der Waals surface area contributed by atoms with Gasteiger partial charge in [0.25, 0.3) is 0 Å². The van der Waals surface area contributed by atoms with Crippen LogP contribution in [-0.4, -0.2) is 27.1 Å². The van der Waals surface area contributed by atoms with Crippen LogP contribution in [0.5, 0.6) is 0 Å². The lowest BCUT2D eigenvalue weighted by Crippen LogP contribution is -2.34. The first-order valence-electron chi connectivity index (χ1n) is 5.33. The molecule has 0 bridgehead atoms. The zero-order chi connectivity index (χ0) is 12.6. The topological polar surface area (TPSA) is 53.4 Å². The second-order valence-electron chi connectivity index (χ2n) is 4.12. The van der Waals surface area contributed by atoms with Gasteiger partial charge in [-0.15, -0.1) is 0 Å². The van der Waals surface area contributed by atoms with E-state index in [1.807, 2.05) is 0 Å². The maximum Gasteiger partial charge on any atom is 0.408 e. The summed E-state index contributed by atoms with van der Waals surface area (Å²) in [6, 6.07) is 1.01. The van der Waals surface area contributed by atoms with Gasteiger partial charge in [-0.05, 0) is 25.8 Å². The van der Waals surface area contributed by atoms with Crippen LogP contribution in [0.4, 0.5) is 9.18 Å². The SMILES string of the molecule is CC(c1cc(Cl)c(F)cn1)N(C(=O)O)C1CC1. The maximum atomic E-state index is 13.0. The highest BCUT2D eigenvalue weighted by molar-refractivity contribution is 6.30. The second kappa shape index (κ2) is 4.49. The molecule has 1 amide bonds. The number of carbonyl (C=O) groups is 1. The Hall–Kier alpha value is -1.36. The van der Waals surface area contributed by atoms with Gasteiger partial charge in [0.05, 0.1) is 23.0 Å². The quantitative estimate of drug-likeness (QED) is 0.906. The van der Waals surface area contributed by atoms with Gasteiger partial charge in [0.2, 0.25) is 0 Å². The molecule has 6 heteroatoms. The lowest BCUT2D eigenvalue weighted by atomic mass is 10.2. The van der Waals surface area contributed by atoms with Crippen molar-refractivity contribution in [3.63, 3.8) is 0 Å². The summed E-state index contributed by atoms with van der Waals surface area (Å²) in [7, 11) is 0. The molecule has 1 aliphatic rings. The summed E-state index contributed by atoms with van der Waals surface area (Å²) in [4.78, 5) is 16.4. The van der Waals surface area contributed by atoms with E-state index in [-0.39, 0.29) is 11.1 Å². The summed E-state index contributed by atoms with van der Waals surface area (Å²) < 4.78 is 13.0. The van der Waals surface area contributed by atoms with Crippen LogP contribution >= 0.6 is 11.6 Å². The molecule has 0 spiro atoms. The molecule has 1 atom stereocenters. The minimum absolute atomic E-state index is 0.0389. The molecule has 0 radical (unpaired) electrons. The zero-order valence-electron chi connectivity index (χ0n) is 9.23. The summed E-state index contributed by atoms with van der Waals surface area (Å²) in [5.74, 6) is -0.601. The van der Waals surface area contributed by atoms with Crippen LogP contribution in [0.2, 0.25) is 5.02 Å². The van der Waals surface area contributed by atoms with E-state index in [1.165, 1.54) is 11.0 Å². The Kier molecular flexibility index (Phi) is 3.19. The van der Waals surface area contributed by atoms with Gasteiger partial charge in [0, 0.05) is 6.04 Å². The van der Waals surface area contributed by atoms with Crippen LogP contribution in [0.15, 0.2) is 12.3 Å². The molecule has 0 saturated heterocycles. The van der Waals surface area contributed by atoms with E-state index < -0.39 is 18.0 Å². The van der Waals surface area contributed by atoms with Crippen LogP contribution in [0, 0.1) is 5.82 Å². The number of pyridine rings is 1. The lowest BCUT2D eigenvalue weighted by molar-refractivity contribution is 0.123. The molecule has 2 rings (SSSR count). The van der Waals surface area contributed by atoms with E-state index in [0.717, 1.165) is 19.0 Å². The molecule has 1 fully saturated rings. The average molecular weight is 259 g/mol. The first-order valence-corrected chi connectivity index (χ1v) is 5.70. The molecule has 1 heterocycles. The molecule has 1 saturated carbocycles. The predicted molar refractivity (Wildman–Crippen MR) is 60.5 cm³/mol. The van der Waals surface area contributed by atoms with E-state index in [1.54, 1.807) is 6.92 Å². The molecule has 1 N–H and O–H groups in total. The predicted octanol–water partition coefficient (Wildman–Crippen LogP) is 3.08. The van der Waals surface area contributed by atoms with Gasteiger partial charge in [-0.25, -0.2) is 9.18 Å². The molecule has 0 aliphatic heterocycles. The van der Waals surface area contributed by atoms with Crippen LogP contribution < -0.4 is 0 Å². The molecule has 1 unspecified atom stereocenters. The van der Waals surface area contributed by atoms with Crippen molar-refractivity contribution in [2.75, 3.05) is 0 Å². The van der Waals surface area contributed by atoms with E-state index in [9.17, 15) is 9.18 Å². The van der Waals surface area contributed by atoms with Crippen molar-refractivity contribution in [3.05, 3.63) is 28.8 Å². The fourth-order valence-corrected chi connectivity index (χ4v) is 1.95. The first kappa shape index (κ1) is 12.1. The normalized spacial score (nSPS) is 16.6. The van der Waals surface area contributed by atoms with Gasteiger partial charge in [-0.3, -0.25) is 9.88 Å². The average Bonchev–Trinajstić information content (AvgIpc) is 3.06. The summed E-state index contributed by atoms with van der Waals surface area (Å²) in [5, 5.41) is 9.09. The van der Waals surface area contributed by atoms with Crippen molar-refractivity contribution in [1.82, 2.24) is 9.88 Å². The van der Waals surface area contributed by atoms with Crippen LogP contribution in [0.25, 0.3) is 0 Å². The standard InChI is InChI=1S/C11H12ClFN2O2/c1-6(15(11(16)17)7-2-3-7)10-4-8(12)9(13)5-14-10/h4-7H,2-3H2,1H3,(H,16,17). The Bertz CT molecular complexity index is 451. The molecular formula is C11H12ClFN2O2. The largest absolute Gasteiger partial charge is 0.465 e. The van der Waals surface area contributed by atoms with Gasteiger partial charge in [-0.1, -0.05) is 11.6 Å². The molecule has 4 nitrogen and oxygen atoms in total. The van der Waals surface area contributed by atoms with E-state index >= 15 is 0 Å². The second-order valence-corrected chi connectivity index (χ2v) is 4.53. The Morgan fingerprint density at radius 2 is 2.35 bits per heavy atom. The highest BCUT2D eigenvalue weighted by Gasteiger charge is 2.36. The minimum atomic E-state index is -0.984. The molecule has 1 aromatic rings. The Labute approximate surface area is 103 Å². The van der Waals surface area contributed by atoms with Crippen molar-refractivity contribution < 1.29 is 14.3 Å². The van der Waals surface area contributed by atoms with Crippen molar-refractivity contribution in [2.24, 2.45) is 0 Å². The maximum absolute atomic E-state index is 13.0. The van der Waals surface area contributed by atoms with Crippen LogP contribution in [-0.2, 0) is 0 Å². The molecule has 0 aromatic carbocycles. The molecular weight excluding hydrogens is 247 g/mol. The van der Waals surface area contributed by atoms with Gasteiger partial charge in [-0.2, -0.15) is 0 Å². The van der Waals surface area contributed by atoms with Crippen LogP contribution in [0.1, 0.15) is 31.5 Å². The molecule has 92 valence electrons. The summed E-state index contributed by atoms with van der Waals surface area (Å²) in [5.41, 5.74) is 0.464. The van der Waals surface area contributed by atoms with Gasteiger partial charge in [0.15, 0.2) is 5.82 Å². The third kappa shape index (κ3) is 2.49. The Morgan fingerprint density at radius 1 is 1.71 bits per heavy atom. The van der Waals surface area contributed by atoms with E-state index in [4.69, 9.17) is 16.7 Å². The number of nitrogens with zero attached hydrogens (tertiary/aromatic N) is 2. The Morgan fingerprint density at radius 3 is 2.82 bits per heavy atom. The lowest BCUT2D eigenvalue weighted by Gasteiger charge is -2.25. The first-order chi connectivity index (χ1) is 8.00. The summed E-state index contributed by atoms with van der Waals surface area (Å²) in [6.07, 6.45) is 1.76. The summed E-state index contributed by atoms with van der Waals surface area (Å²) in [6.45, 7) is 1.73. The minimum Gasteiger partial charge on any atom is -0.465 e. The number of rotatable bonds is 3.